The minimum Gasteiger partial charge on any atom is -0.342 e. The number of hydrogen-bond acceptors (Lipinski definition) is 7. The Morgan fingerprint density at radius 3 is 3.00 bits per heavy atom. The molecule has 0 atom stereocenters. The van der Waals surface area contributed by atoms with Gasteiger partial charge < -0.3 is 11.1 Å². The second kappa shape index (κ2) is 5.09. The number of carbonyl (C=O) groups is 1. The van der Waals surface area contributed by atoms with E-state index in [9.17, 15) is 4.79 Å². The molecule has 6 N–H and O–H groups in total. The van der Waals surface area contributed by atoms with Crippen molar-refractivity contribution >= 4 is 11.9 Å². The van der Waals surface area contributed by atoms with Crippen LogP contribution in [0.2, 0.25) is 0 Å². The second-order valence-electron chi connectivity index (χ2n) is 2.46. The SMILES string of the molecule is NCCN(N)C(=O)CNc1nn[nH]n1. The summed E-state index contributed by atoms with van der Waals surface area (Å²) >= 11 is 0. The van der Waals surface area contributed by atoms with Crippen LogP contribution in [0.4, 0.5) is 5.95 Å². The van der Waals surface area contributed by atoms with E-state index < -0.39 is 0 Å². The Balaban J connectivity index is 2.27. The average molecular weight is 200 g/mol. The molecule has 78 valence electrons. The molecular formula is C5H12N8O. The summed E-state index contributed by atoms with van der Waals surface area (Å²) in [6.07, 6.45) is 0. The van der Waals surface area contributed by atoms with Crippen LogP contribution in [-0.4, -0.2) is 51.2 Å². The van der Waals surface area contributed by atoms with E-state index in [1.165, 1.54) is 0 Å². The highest BCUT2D eigenvalue weighted by molar-refractivity contribution is 5.79. The van der Waals surface area contributed by atoms with Crippen LogP contribution in [-0.2, 0) is 4.79 Å². The number of aromatic amines is 1. The molecule has 0 aliphatic heterocycles. The van der Waals surface area contributed by atoms with Gasteiger partial charge in [-0.1, -0.05) is 5.10 Å². The van der Waals surface area contributed by atoms with Crippen molar-refractivity contribution in [1.82, 2.24) is 25.6 Å². The van der Waals surface area contributed by atoms with Gasteiger partial charge in [0.25, 0.3) is 11.9 Å². The molecule has 0 saturated heterocycles. The number of amides is 1. The van der Waals surface area contributed by atoms with Crippen LogP contribution in [0.3, 0.4) is 0 Å². The first-order valence-electron chi connectivity index (χ1n) is 3.96. The first kappa shape index (κ1) is 10.3. The highest BCUT2D eigenvalue weighted by Crippen LogP contribution is 1.89. The lowest BCUT2D eigenvalue weighted by atomic mass is 10.5. The van der Waals surface area contributed by atoms with Crippen molar-refractivity contribution < 1.29 is 4.79 Å². The van der Waals surface area contributed by atoms with E-state index in [4.69, 9.17) is 11.6 Å². The van der Waals surface area contributed by atoms with Crippen molar-refractivity contribution in [3.8, 4) is 0 Å². The lowest BCUT2D eigenvalue weighted by molar-refractivity contribution is -0.129. The molecule has 1 rings (SSSR count). The Labute approximate surface area is 79.8 Å². The van der Waals surface area contributed by atoms with Crippen molar-refractivity contribution in [1.29, 1.82) is 0 Å². The first-order chi connectivity index (χ1) is 6.74. The maximum Gasteiger partial charge on any atom is 0.263 e. The number of anilines is 1. The Bertz CT molecular complexity index is 271. The molecule has 1 aromatic heterocycles. The van der Waals surface area contributed by atoms with E-state index in [0.717, 1.165) is 5.01 Å². The zero-order valence-corrected chi connectivity index (χ0v) is 7.47. The number of H-pyrrole nitrogens is 1. The van der Waals surface area contributed by atoms with Gasteiger partial charge in [0.2, 0.25) is 0 Å². The van der Waals surface area contributed by atoms with Crippen molar-refractivity contribution in [3.05, 3.63) is 0 Å². The van der Waals surface area contributed by atoms with Crippen molar-refractivity contribution in [2.45, 2.75) is 0 Å². The quantitative estimate of drug-likeness (QED) is 0.230. The number of carbonyl (C=O) groups excluding carboxylic acids is 1. The molecule has 14 heavy (non-hydrogen) atoms. The largest absolute Gasteiger partial charge is 0.342 e. The first-order valence-corrected chi connectivity index (χ1v) is 3.96. The maximum atomic E-state index is 11.2. The number of hydrazine groups is 1. The lowest BCUT2D eigenvalue weighted by Gasteiger charge is -2.14. The Morgan fingerprint density at radius 1 is 1.64 bits per heavy atom. The monoisotopic (exact) mass is 200 g/mol. The lowest BCUT2D eigenvalue weighted by Crippen LogP contribution is -2.43. The molecule has 9 nitrogen and oxygen atoms in total. The van der Waals surface area contributed by atoms with Crippen molar-refractivity contribution in [3.63, 3.8) is 0 Å². The van der Waals surface area contributed by atoms with Crippen molar-refractivity contribution in [2.75, 3.05) is 25.0 Å². The van der Waals surface area contributed by atoms with Gasteiger partial charge in [-0.3, -0.25) is 9.80 Å². The van der Waals surface area contributed by atoms with E-state index in [2.05, 4.69) is 25.9 Å². The minimum atomic E-state index is -0.291. The fourth-order valence-electron chi connectivity index (χ4n) is 0.757. The third-order valence-electron chi connectivity index (χ3n) is 1.43. The van der Waals surface area contributed by atoms with Gasteiger partial charge in [-0.15, -0.1) is 5.10 Å². The molecule has 0 radical (unpaired) electrons. The summed E-state index contributed by atoms with van der Waals surface area (Å²) < 4.78 is 0. The zero-order chi connectivity index (χ0) is 10.4. The Morgan fingerprint density at radius 2 is 2.43 bits per heavy atom. The molecule has 0 unspecified atom stereocenters. The Kier molecular flexibility index (Phi) is 3.76. The second-order valence-corrected chi connectivity index (χ2v) is 2.46. The van der Waals surface area contributed by atoms with Gasteiger partial charge in [-0.05, 0) is 5.21 Å². The maximum absolute atomic E-state index is 11.2. The topological polar surface area (TPSA) is 139 Å². The normalized spacial score (nSPS) is 9.86. The highest BCUT2D eigenvalue weighted by Gasteiger charge is 2.08. The fourth-order valence-corrected chi connectivity index (χ4v) is 0.757. The van der Waals surface area contributed by atoms with E-state index in [1.54, 1.807) is 0 Å². The van der Waals surface area contributed by atoms with E-state index >= 15 is 0 Å². The molecule has 1 amide bonds. The van der Waals surface area contributed by atoms with Crippen LogP contribution in [0, 0.1) is 0 Å². The summed E-state index contributed by atoms with van der Waals surface area (Å²) in [5, 5.41) is 16.4. The zero-order valence-electron chi connectivity index (χ0n) is 7.47. The number of tetrazole rings is 1. The number of hydrogen-bond donors (Lipinski definition) is 4. The number of nitrogens with two attached hydrogens (primary N) is 2. The van der Waals surface area contributed by atoms with Gasteiger partial charge in [0.05, 0.1) is 6.54 Å². The number of aromatic nitrogens is 4. The molecule has 0 fully saturated rings. The number of nitrogens with zero attached hydrogens (tertiary/aromatic N) is 4. The molecule has 0 bridgehead atoms. The van der Waals surface area contributed by atoms with E-state index in [-0.39, 0.29) is 18.4 Å². The van der Waals surface area contributed by atoms with Gasteiger partial charge in [0, 0.05) is 13.1 Å². The van der Waals surface area contributed by atoms with Crippen LogP contribution >= 0.6 is 0 Å². The summed E-state index contributed by atoms with van der Waals surface area (Å²) in [4.78, 5) is 11.2. The van der Waals surface area contributed by atoms with Crippen LogP contribution in [0.25, 0.3) is 0 Å². The van der Waals surface area contributed by atoms with Gasteiger partial charge in [-0.25, -0.2) is 5.84 Å². The van der Waals surface area contributed by atoms with Crippen LogP contribution in [0.5, 0.6) is 0 Å². The molecule has 0 aliphatic rings. The van der Waals surface area contributed by atoms with Crippen LogP contribution in [0.1, 0.15) is 0 Å². The van der Waals surface area contributed by atoms with E-state index in [0.29, 0.717) is 13.1 Å². The molecular weight excluding hydrogens is 188 g/mol. The predicted octanol–water partition coefficient (Wildman–Crippen LogP) is -2.73. The summed E-state index contributed by atoms with van der Waals surface area (Å²) in [6, 6.07) is 0. The molecule has 0 saturated carbocycles. The third-order valence-corrected chi connectivity index (χ3v) is 1.43. The molecule has 0 aliphatic carbocycles. The molecule has 0 spiro atoms. The number of nitrogens with one attached hydrogen (secondary N) is 2. The van der Waals surface area contributed by atoms with Gasteiger partial charge in [-0.2, -0.15) is 5.21 Å². The summed E-state index contributed by atoms with van der Waals surface area (Å²) in [7, 11) is 0. The van der Waals surface area contributed by atoms with E-state index in [1.807, 2.05) is 0 Å². The molecule has 1 aromatic rings. The predicted molar refractivity (Wildman–Crippen MR) is 47.6 cm³/mol. The van der Waals surface area contributed by atoms with Gasteiger partial charge in [0.1, 0.15) is 0 Å². The summed E-state index contributed by atoms with van der Waals surface area (Å²) in [5.41, 5.74) is 5.22. The van der Waals surface area contributed by atoms with Gasteiger partial charge >= 0.3 is 0 Å². The van der Waals surface area contributed by atoms with Crippen LogP contribution in [0.15, 0.2) is 0 Å². The standard InChI is InChI=1S/C5H12N8O/c6-1-2-13(7)4(14)3-8-5-9-11-12-10-5/h1-3,6-7H2,(H2,8,9,10,11,12). The molecule has 9 heteroatoms. The third kappa shape index (κ3) is 2.95. The smallest absolute Gasteiger partial charge is 0.263 e. The van der Waals surface area contributed by atoms with Gasteiger partial charge in [0.15, 0.2) is 0 Å². The summed E-state index contributed by atoms with van der Waals surface area (Å²) in [5.74, 6) is 5.32. The number of rotatable bonds is 5. The minimum absolute atomic E-state index is 0.00995. The highest BCUT2D eigenvalue weighted by atomic mass is 16.2. The molecule has 0 aromatic carbocycles. The van der Waals surface area contributed by atoms with Crippen LogP contribution < -0.4 is 16.9 Å². The molecule has 1 heterocycles. The fraction of sp³-hybridized carbons (Fsp3) is 0.600. The summed E-state index contributed by atoms with van der Waals surface area (Å²) in [6.45, 7) is 0.646. The average Bonchev–Trinajstić information content (AvgIpc) is 2.67. The van der Waals surface area contributed by atoms with Crippen molar-refractivity contribution in [2.24, 2.45) is 11.6 Å². The Hall–Kier alpha value is -1.74.